The summed E-state index contributed by atoms with van der Waals surface area (Å²) in [4.78, 5) is 44.9. The van der Waals surface area contributed by atoms with Crippen molar-refractivity contribution < 1.29 is 23.3 Å². The Balaban J connectivity index is 1.81. The molecular weight excluding hydrogens is 317 g/mol. The van der Waals surface area contributed by atoms with Crippen LogP contribution in [0.2, 0.25) is 0 Å². The van der Waals surface area contributed by atoms with E-state index in [1.807, 2.05) is 0 Å². The van der Waals surface area contributed by atoms with E-state index in [1.165, 1.54) is 48.2 Å². The van der Waals surface area contributed by atoms with Gasteiger partial charge in [-0.1, -0.05) is 4.99 Å². The minimum Gasteiger partial charge on any atom is -0.270 e. The smallest absolute Gasteiger partial charge is 0.270 e. The van der Waals surface area contributed by atoms with Crippen LogP contribution >= 0.6 is 0 Å². The van der Waals surface area contributed by atoms with E-state index < -0.39 is 23.8 Å². The highest BCUT2D eigenvalue weighted by molar-refractivity contribution is 6.28. The molecule has 0 bridgehead atoms. The van der Waals surface area contributed by atoms with Crippen LogP contribution in [0.4, 0.5) is 14.9 Å². The third-order valence-electron chi connectivity index (χ3n) is 4.35. The number of hydrogen-bond acceptors (Lipinski definition) is 4. The molecule has 24 heavy (non-hydrogen) atoms. The van der Waals surface area contributed by atoms with E-state index in [0.29, 0.717) is 5.69 Å². The normalized spacial score (nSPS) is 23.1. The molecule has 122 valence electrons. The summed E-state index contributed by atoms with van der Waals surface area (Å²) in [7, 11) is 2.93. The maximum absolute atomic E-state index is 13.1. The number of urea groups is 1. The van der Waals surface area contributed by atoms with E-state index in [-0.39, 0.29) is 24.2 Å². The highest BCUT2D eigenvalue weighted by Gasteiger charge is 2.57. The Kier molecular flexibility index (Phi) is 2.84. The standard InChI is InChI=1S/C15H13FN5O3/c1-18-12-11(13(23)19(2)15(18)24)20-7-10(22)21(14(20)17-12)9-5-3-8(16)4-6-9/h3-6,11H,7H2,1-2H3/q+1. The topological polar surface area (TPSA) is 76.3 Å². The third kappa shape index (κ3) is 1.75. The zero-order valence-corrected chi connectivity index (χ0v) is 12.9. The third-order valence-corrected chi connectivity index (χ3v) is 4.35. The molecule has 3 heterocycles. The zero-order chi connectivity index (χ0) is 17.2. The molecule has 0 N–H and O–H groups in total. The second kappa shape index (κ2) is 4.70. The number of nitrogens with zero attached hydrogens (tertiary/aromatic N) is 5. The summed E-state index contributed by atoms with van der Waals surface area (Å²) in [6.45, 7) is -0.0357. The second-order valence-electron chi connectivity index (χ2n) is 5.74. The second-order valence-corrected chi connectivity index (χ2v) is 5.74. The van der Waals surface area contributed by atoms with Crippen molar-refractivity contribution in [2.45, 2.75) is 6.04 Å². The fraction of sp³-hybridized carbons (Fsp3) is 0.267. The molecule has 4 rings (SSSR count). The molecule has 0 saturated carbocycles. The van der Waals surface area contributed by atoms with Gasteiger partial charge < -0.3 is 0 Å². The summed E-state index contributed by atoms with van der Waals surface area (Å²) >= 11 is 0. The minimum absolute atomic E-state index is 0.0357. The van der Waals surface area contributed by atoms with E-state index >= 15 is 0 Å². The fourth-order valence-electron chi connectivity index (χ4n) is 3.10. The fourth-order valence-corrected chi connectivity index (χ4v) is 3.10. The monoisotopic (exact) mass is 330 g/mol. The van der Waals surface area contributed by atoms with Gasteiger partial charge in [0.25, 0.3) is 5.91 Å². The van der Waals surface area contributed by atoms with Gasteiger partial charge in [0.05, 0.1) is 0 Å². The lowest BCUT2D eigenvalue weighted by Gasteiger charge is -2.31. The Bertz CT molecular complexity index is 860. The van der Waals surface area contributed by atoms with E-state index in [9.17, 15) is 18.8 Å². The van der Waals surface area contributed by atoms with Gasteiger partial charge in [0.15, 0.2) is 6.54 Å². The number of aliphatic imine (C=N–C) groups is 1. The molecule has 0 aromatic heterocycles. The first-order valence-electron chi connectivity index (χ1n) is 7.26. The molecule has 1 fully saturated rings. The molecule has 4 amide bonds. The lowest BCUT2D eigenvalue weighted by Crippen LogP contribution is -2.61. The molecule has 9 heteroatoms. The molecule has 1 aromatic rings. The number of imide groups is 1. The Morgan fingerprint density at radius 2 is 1.79 bits per heavy atom. The van der Waals surface area contributed by atoms with Crippen LogP contribution in [-0.2, 0) is 9.59 Å². The van der Waals surface area contributed by atoms with Crippen LogP contribution in [0.3, 0.4) is 0 Å². The number of benzene rings is 1. The Labute approximate surface area is 136 Å². The first kappa shape index (κ1) is 14.5. The van der Waals surface area contributed by atoms with Crippen molar-refractivity contribution in [3.05, 3.63) is 30.1 Å². The number of hydrogen-bond donors (Lipinski definition) is 0. The van der Waals surface area contributed by atoms with Gasteiger partial charge in [-0.15, -0.1) is 0 Å². The van der Waals surface area contributed by atoms with E-state index in [0.717, 1.165) is 4.90 Å². The highest BCUT2D eigenvalue weighted by Crippen LogP contribution is 2.27. The maximum atomic E-state index is 13.1. The summed E-state index contributed by atoms with van der Waals surface area (Å²) in [5.41, 5.74) is 0.455. The van der Waals surface area contributed by atoms with Crippen LogP contribution in [0.5, 0.6) is 0 Å². The van der Waals surface area contributed by atoms with Gasteiger partial charge in [0, 0.05) is 14.1 Å². The minimum atomic E-state index is -0.804. The Morgan fingerprint density at radius 1 is 1.12 bits per heavy atom. The lowest BCUT2D eigenvalue weighted by molar-refractivity contribution is -0.519. The van der Waals surface area contributed by atoms with Gasteiger partial charge in [0.2, 0.25) is 11.9 Å². The van der Waals surface area contributed by atoms with Crippen LogP contribution < -0.4 is 4.90 Å². The average Bonchev–Trinajstić information content (AvgIpc) is 3.06. The van der Waals surface area contributed by atoms with E-state index in [1.54, 1.807) is 4.58 Å². The van der Waals surface area contributed by atoms with Crippen LogP contribution in [0, 0.1) is 5.82 Å². The van der Waals surface area contributed by atoms with Gasteiger partial charge in [0.1, 0.15) is 11.5 Å². The molecule has 1 unspecified atom stereocenters. The van der Waals surface area contributed by atoms with E-state index in [4.69, 9.17) is 0 Å². The number of carbonyl (C=O) groups excluding carboxylic acids is 3. The Morgan fingerprint density at radius 3 is 2.46 bits per heavy atom. The number of guanidine groups is 1. The van der Waals surface area contributed by atoms with Crippen molar-refractivity contribution in [1.82, 2.24) is 9.80 Å². The SMILES string of the molecule is CN1C(=O)C2C(=NC3=[N+]2CC(=O)N3c2ccc(F)cc2)N(C)C1=O. The number of carbonyl (C=O) groups is 3. The van der Waals surface area contributed by atoms with Crippen LogP contribution in [0.25, 0.3) is 0 Å². The number of anilines is 1. The predicted molar refractivity (Wildman–Crippen MR) is 81.2 cm³/mol. The van der Waals surface area contributed by atoms with Gasteiger partial charge in [-0.05, 0) is 24.3 Å². The Hall–Kier alpha value is -3.10. The number of rotatable bonds is 1. The molecule has 8 nitrogen and oxygen atoms in total. The summed E-state index contributed by atoms with van der Waals surface area (Å²) in [5, 5.41) is 0. The summed E-state index contributed by atoms with van der Waals surface area (Å²) in [6.07, 6.45) is 0. The van der Waals surface area contributed by atoms with Crippen LogP contribution in [-0.4, -0.2) is 70.7 Å². The number of amidine groups is 1. The molecule has 0 radical (unpaired) electrons. The quantitative estimate of drug-likeness (QED) is 0.672. The summed E-state index contributed by atoms with van der Waals surface area (Å²) in [5.74, 6) is -0.552. The van der Waals surface area contributed by atoms with Crippen molar-refractivity contribution in [2.24, 2.45) is 4.99 Å². The molecule has 1 saturated heterocycles. The molecule has 3 aliphatic heterocycles. The van der Waals surface area contributed by atoms with Crippen molar-refractivity contribution in [2.75, 3.05) is 25.5 Å². The van der Waals surface area contributed by atoms with Crippen molar-refractivity contribution in [3.8, 4) is 0 Å². The van der Waals surface area contributed by atoms with E-state index in [2.05, 4.69) is 4.99 Å². The van der Waals surface area contributed by atoms with Gasteiger partial charge in [-0.2, -0.15) is 4.90 Å². The largest absolute Gasteiger partial charge is 0.405 e. The molecule has 1 aromatic carbocycles. The molecule has 0 aliphatic carbocycles. The summed E-state index contributed by atoms with van der Waals surface area (Å²) in [6, 6.07) is 4.15. The maximum Gasteiger partial charge on any atom is 0.405 e. The molecule has 0 spiro atoms. The molecule has 1 atom stereocenters. The highest BCUT2D eigenvalue weighted by atomic mass is 19.1. The van der Waals surface area contributed by atoms with Crippen LogP contribution in [0.15, 0.2) is 29.3 Å². The van der Waals surface area contributed by atoms with Crippen molar-refractivity contribution >= 4 is 35.3 Å². The molecule has 3 aliphatic rings. The zero-order valence-electron chi connectivity index (χ0n) is 12.9. The summed E-state index contributed by atoms with van der Waals surface area (Å²) < 4.78 is 14.7. The van der Waals surface area contributed by atoms with Gasteiger partial charge in [-0.25, -0.2) is 13.8 Å². The lowest BCUT2D eigenvalue weighted by atomic mass is 10.1. The number of fused-ring (bicyclic) bond motifs is 2. The number of halogens is 1. The average molecular weight is 330 g/mol. The van der Waals surface area contributed by atoms with Crippen LogP contribution in [0.1, 0.15) is 0 Å². The first-order chi connectivity index (χ1) is 11.4. The van der Waals surface area contributed by atoms with Crippen molar-refractivity contribution in [3.63, 3.8) is 0 Å². The predicted octanol–water partition coefficient (Wildman–Crippen LogP) is -0.155. The number of amides is 4. The van der Waals surface area contributed by atoms with Gasteiger partial charge in [-0.3, -0.25) is 19.4 Å². The number of likely N-dealkylation sites (N-methyl/N-ethyl adjacent to an activating group) is 2. The molecular formula is C15H13FN5O3+. The van der Waals surface area contributed by atoms with Crippen molar-refractivity contribution in [1.29, 1.82) is 0 Å². The first-order valence-corrected chi connectivity index (χ1v) is 7.26. The van der Waals surface area contributed by atoms with Gasteiger partial charge >= 0.3 is 17.9 Å².